The first-order valence-electron chi connectivity index (χ1n) is 10.1. The molecule has 0 aliphatic heterocycles. The first-order valence-corrected chi connectivity index (χ1v) is 10.5. The van der Waals surface area contributed by atoms with Gasteiger partial charge >= 0.3 is 0 Å². The van der Waals surface area contributed by atoms with E-state index in [0.29, 0.717) is 5.56 Å². The topological polar surface area (TPSA) is 128 Å². The van der Waals surface area contributed by atoms with Crippen LogP contribution in [0.3, 0.4) is 0 Å². The zero-order chi connectivity index (χ0) is 24.6. The zero-order valence-corrected chi connectivity index (χ0v) is 19.1. The van der Waals surface area contributed by atoms with Crippen molar-refractivity contribution in [3.8, 4) is 5.75 Å². The van der Waals surface area contributed by atoms with Crippen molar-refractivity contribution in [2.24, 2.45) is 14.1 Å². The van der Waals surface area contributed by atoms with Gasteiger partial charge in [0.25, 0.3) is 11.5 Å². The van der Waals surface area contributed by atoms with Gasteiger partial charge in [0, 0.05) is 37.2 Å². The third-order valence-electron chi connectivity index (χ3n) is 5.50. The minimum Gasteiger partial charge on any atom is -0.501 e. The molecule has 0 saturated heterocycles. The second-order valence-electron chi connectivity index (χ2n) is 7.78. The Kier molecular flexibility index (Phi) is 6.20. The van der Waals surface area contributed by atoms with Crippen LogP contribution in [0, 0.1) is 5.82 Å². The highest BCUT2D eigenvalue weighted by Gasteiger charge is 2.31. The molecular weight excluding hydrogens is 467 g/mol. The van der Waals surface area contributed by atoms with Gasteiger partial charge in [-0.2, -0.15) is 5.10 Å². The molecule has 4 aromatic rings. The van der Waals surface area contributed by atoms with Crippen LogP contribution in [0.2, 0.25) is 5.02 Å². The fraction of sp³-hybridized carbons (Fsp3) is 0.227. The molecule has 3 aromatic heterocycles. The minimum atomic E-state index is -0.815. The molecule has 0 aliphatic rings. The number of nitrogens with one attached hydrogen (secondary N) is 1. The van der Waals surface area contributed by atoms with E-state index in [2.05, 4.69) is 25.1 Å². The molecule has 10 nitrogen and oxygen atoms in total. The van der Waals surface area contributed by atoms with E-state index >= 15 is 0 Å². The number of anilines is 1. The highest BCUT2D eigenvalue weighted by atomic mass is 35.5. The summed E-state index contributed by atoms with van der Waals surface area (Å²) in [6.45, 7) is 1.79. The van der Waals surface area contributed by atoms with Crippen LogP contribution in [0.5, 0.6) is 5.75 Å². The van der Waals surface area contributed by atoms with Gasteiger partial charge in [-0.1, -0.05) is 29.7 Å². The molecule has 0 saturated carbocycles. The van der Waals surface area contributed by atoms with Crippen molar-refractivity contribution in [3.63, 3.8) is 0 Å². The smallest absolute Gasteiger partial charge is 0.296 e. The van der Waals surface area contributed by atoms with E-state index < -0.39 is 40.6 Å². The molecule has 4 rings (SSSR count). The van der Waals surface area contributed by atoms with Crippen LogP contribution in [0.4, 0.5) is 10.1 Å². The van der Waals surface area contributed by atoms with E-state index in [1.165, 1.54) is 31.6 Å². The van der Waals surface area contributed by atoms with Crippen LogP contribution in [0.1, 0.15) is 46.2 Å². The maximum atomic E-state index is 13.8. The first-order chi connectivity index (χ1) is 16.2. The van der Waals surface area contributed by atoms with Gasteiger partial charge in [-0.15, -0.1) is 0 Å². The second-order valence-corrected chi connectivity index (χ2v) is 8.19. The summed E-state index contributed by atoms with van der Waals surface area (Å²) in [4.78, 5) is 29.9. The van der Waals surface area contributed by atoms with E-state index in [1.807, 2.05) is 0 Å². The Morgan fingerprint density at radius 2 is 2.06 bits per heavy atom. The number of amides is 1. The number of aromatic nitrogens is 5. The largest absolute Gasteiger partial charge is 0.501 e. The summed E-state index contributed by atoms with van der Waals surface area (Å²) in [6, 6.07) is 4.05. The quantitative estimate of drug-likeness (QED) is 0.428. The fourth-order valence-electron chi connectivity index (χ4n) is 3.87. The summed E-state index contributed by atoms with van der Waals surface area (Å²) in [5.74, 6) is -2.96. The maximum Gasteiger partial charge on any atom is 0.296 e. The number of rotatable bonds is 6. The Labute approximate surface area is 197 Å². The Morgan fingerprint density at radius 3 is 2.68 bits per heavy atom. The molecule has 0 fully saturated rings. The van der Waals surface area contributed by atoms with E-state index in [0.717, 1.165) is 10.1 Å². The molecule has 1 amide bonds. The van der Waals surface area contributed by atoms with Crippen molar-refractivity contribution in [2.45, 2.75) is 18.8 Å². The van der Waals surface area contributed by atoms with Gasteiger partial charge in [0.1, 0.15) is 23.6 Å². The van der Waals surface area contributed by atoms with Crippen LogP contribution in [0.25, 0.3) is 0 Å². The molecule has 34 heavy (non-hydrogen) atoms. The van der Waals surface area contributed by atoms with Gasteiger partial charge in [0.15, 0.2) is 5.69 Å². The number of benzene rings is 1. The van der Waals surface area contributed by atoms with Crippen molar-refractivity contribution in [3.05, 3.63) is 86.9 Å². The number of aromatic hydroxyl groups is 1. The lowest BCUT2D eigenvalue weighted by atomic mass is 9.82. The molecule has 2 N–H and O–H groups in total. The minimum absolute atomic E-state index is 0.190. The second kappa shape index (κ2) is 9.10. The SMILES string of the molecule is CC(c1nc(C(=O)Nc2cnoc2)c(O)c(=O)n1C)C(c1cnn(C)c1)c1ccc(F)cc1Cl. The monoisotopic (exact) mass is 486 g/mol. The van der Waals surface area contributed by atoms with Gasteiger partial charge in [-0.25, -0.2) is 9.37 Å². The summed E-state index contributed by atoms with van der Waals surface area (Å²) in [6.07, 6.45) is 5.86. The lowest BCUT2D eigenvalue weighted by molar-refractivity contribution is 0.101. The van der Waals surface area contributed by atoms with Crippen LogP contribution in [-0.2, 0) is 14.1 Å². The lowest BCUT2D eigenvalue weighted by Gasteiger charge is -2.26. The Bertz CT molecular complexity index is 1420. The summed E-state index contributed by atoms with van der Waals surface area (Å²) >= 11 is 6.39. The number of aryl methyl sites for hydroxylation is 1. The highest BCUT2D eigenvalue weighted by molar-refractivity contribution is 6.31. The van der Waals surface area contributed by atoms with E-state index in [9.17, 15) is 19.1 Å². The predicted octanol–water partition coefficient (Wildman–Crippen LogP) is 3.19. The van der Waals surface area contributed by atoms with Gasteiger partial charge in [-0.05, 0) is 23.3 Å². The van der Waals surface area contributed by atoms with Crippen LogP contribution >= 0.6 is 11.6 Å². The number of halogens is 2. The number of carbonyl (C=O) groups excluding carboxylic acids is 1. The molecule has 1 aromatic carbocycles. The third kappa shape index (κ3) is 4.29. The molecule has 0 radical (unpaired) electrons. The molecule has 3 heterocycles. The molecule has 2 unspecified atom stereocenters. The molecule has 2 atom stereocenters. The normalized spacial score (nSPS) is 13.0. The van der Waals surface area contributed by atoms with Gasteiger partial charge in [-0.3, -0.25) is 18.8 Å². The number of nitrogens with zero attached hydrogens (tertiary/aromatic N) is 5. The van der Waals surface area contributed by atoms with Crippen molar-refractivity contribution < 1.29 is 18.8 Å². The summed E-state index contributed by atoms with van der Waals surface area (Å²) in [5, 5.41) is 20.7. The molecule has 0 bridgehead atoms. The van der Waals surface area contributed by atoms with Gasteiger partial charge in [0.05, 0.1) is 12.4 Å². The van der Waals surface area contributed by atoms with E-state index in [-0.39, 0.29) is 16.5 Å². The fourth-order valence-corrected chi connectivity index (χ4v) is 4.16. The van der Waals surface area contributed by atoms with Gasteiger partial charge < -0.3 is 14.9 Å². The summed E-state index contributed by atoms with van der Waals surface area (Å²) < 4.78 is 21.2. The molecule has 0 spiro atoms. The van der Waals surface area contributed by atoms with E-state index in [1.54, 1.807) is 37.1 Å². The third-order valence-corrected chi connectivity index (χ3v) is 5.82. The molecule has 12 heteroatoms. The maximum absolute atomic E-state index is 13.8. The van der Waals surface area contributed by atoms with E-state index in [4.69, 9.17) is 11.6 Å². The van der Waals surface area contributed by atoms with Crippen LogP contribution < -0.4 is 10.9 Å². The average Bonchev–Trinajstić information content (AvgIpc) is 3.45. The lowest BCUT2D eigenvalue weighted by Crippen LogP contribution is -2.29. The summed E-state index contributed by atoms with van der Waals surface area (Å²) in [5.41, 5.74) is 0.291. The van der Waals surface area contributed by atoms with Crippen molar-refractivity contribution >= 4 is 23.2 Å². The van der Waals surface area contributed by atoms with Gasteiger partial charge in [0.2, 0.25) is 5.75 Å². The Hall–Kier alpha value is -3.99. The molecule has 176 valence electrons. The highest BCUT2D eigenvalue weighted by Crippen LogP contribution is 2.40. The number of hydrogen-bond donors (Lipinski definition) is 2. The Morgan fingerprint density at radius 1 is 1.29 bits per heavy atom. The number of carbonyl (C=O) groups is 1. The average molecular weight is 487 g/mol. The number of hydrogen-bond acceptors (Lipinski definition) is 7. The van der Waals surface area contributed by atoms with Crippen molar-refractivity contribution in [1.82, 2.24) is 24.5 Å². The van der Waals surface area contributed by atoms with Crippen molar-refractivity contribution in [1.29, 1.82) is 0 Å². The molecule has 0 aliphatic carbocycles. The summed E-state index contributed by atoms with van der Waals surface area (Å²) in [7, 11) is 3.19. The standard InChI is InChI=1S/C22H20ClFN6O4/c1-11(17(12-7-25-29(2)9-12)15-5-4-13(24)6-16(15)23)20-28-18(19(31)22(33)30(20)3)21(32)27-14-8-26-34-10-14/h4-11,17,31H,1-3H3,(H,27,32). The zero-order valence-electron chi connectivity index (χ0n) is 18.4. The van der Waals surface area contributed by atoms with Crippen LogP contribution in [0.15, 0.2) is 52.4 Å². The van der Waals surface area contributed by atoms with Crippen molar-refractivity contribution in [2.75, 3.05) is 5.32 Å². The Balaban J connectivity index is 1.84. The predicted molar refractivity (Wildman–Crippen MR) is 120 cm³/mol. The molecular formula is C22H20ClFN6O4. The first kappa shape index (κ1) is 23.2. The van der Waals surface area contributed by atoms with Crippen LogP contribution in [-0.4, -0.2) is 35.5 Å².